The summed E-state index contributed by atoms with van der Waals surface area (Å²) in [5, 5.41) is 2.43. The molecule has 0 radical (unpaired) electrons. The largest absolute Gasteiger partial charge is 0.496 e. The average molecular weight is 277 g/mol. The van der Waals surface area contributed by atoms with E-state index in [2.05, 4.69) is 10.1 Å². The molecule has 1 atom stereocenters. The van der Waals surface area contributed by atoms with E-state index in [1.165, 1.54) is 13.4 Å². The van der Waals surface area contributed by atoms with Crippen LogP contribution in [0.2, 0.25) is 0 Å². The van der Waals surface area contributed by atoms with Gasteiger partial charge < -0.3 is 14.8 Å². The maximum Gasteiger partial charge on any atom is 0.332 e. The van der Waals surface area contributed by atoms with Crippen LogP contribution in [0.15, 0.2) is 42.2 Å². The molecule has 0 heterocycles. The molecular formula is C15H19NO4. The van der Waals surface area contributed by atoms with Crippen molar-refractivity contribution < 1.29 is 19.1 Å². The number of carbonyl (C=O) groups excluding carboxylic acids is 2. The number of nitrogens with one attached hydrogen (secondary N) is 1. The van der Waals surface area contributed by atoms with Gasteiger partial charge in [-0.3, -0.25) is 4.79 Å². The van der Waals surface area contributed by atoms with E-state index in [1.54, 1.807) is 0 Å². The smallest absolute Gasteiger partial charge is 0.332 e. The lowest BCUT2D eigenvalue weighted by molar-refractivity contribution is -0.143. The number of benzene rings is 1. The second-order valence-corrected chi connectivity index (χ2v) is 4.08. The topological polar surface area (TPSA) is 64.6 Å². The van der Waals surface area contributed by atoms with Crippen LogP contribution in [-0.2, 0) is 25.7 Å². The third-order valence-electron chi connectivity index (χ3n) is 2.78. The molecular weight excluding hydrogens is 258 g/mol. The van der Waals surface area contributed by atoms with Crippen molar-refractivity contribution in [2.45, 2.75) is 26.0 Å². The van der Waals surface area contributed by atoms with Crippen LogP contribution >= 0.6 is 0 Å². The third kappa shape index (κ3) is 4.76. The molecule has 1 aromatic rings. The van der Waals surface area contributed by atoms with Gasteiger partial charge in [-0.25, -0.2) is 4.79 Å². The fourth-order valence-electron chi connectivity index (χ4n) is 1.69. The van der Waals surface area contributed by atoms with Crippen LogP contribution in [0.25, 0.3) is 0 Å². The van der Waals surface area contributed by atoms with Gasteiger partial charge in [0.25, 0.3) is 0 Å². The molecule has 0 aliphatic rings. The summed E-state index contributed by atoms with van der Waals surface area (Å²) in [6.45, 7) is 2.28. The molecule has 0 aromatic heterocycles. The second-order valence-electron chi connectivity index (χ2n) is 4.08. The number of hydrogen-bond acceptors (Lipinski definition) is 4. The highest BCUT2D eigenvalue weighted by Crippen LogP contribution is 2.10. The molecule has 1 rings (SSSR count). The zero-order valence-electron chi connectivity index (χ0n) is 11.7. The molecule has 1 amide bonds. The highest BCUT2D eigenvalue weighted by Gasteiger charge is 2.22. The SMILES string of the molecule is CC/C(=C\OCc1ccccc1)C(NC=O)C(=O)OC. The van der Waals surface area contributed by atoms with Crippen LogP contribution in [0, 0.1) is 0 Å². The maximum atomic E-state index is 11.6. The molecule has 1 aromatic carbocycles. The summed E-state index contributed by atoms with van der Waals surface area (Å²) in [4.78, 5) is 22.2. The first-order chi connectivity index (χ1) is 9.72. The van der Waals surface area contributed by atoms with E-state index in [0.29, 0.717) is 25.0 Å². The molecule has 0 fully saturated rings. The van der Waals surface area contributed by atoms with Gasteiger partial charge in [0.15, 0.2) is 6.04 Å². The summed E-state index contributed by atoms with van der Waals surface area (Å²) in [6, 6.07) is 8.86. The van der Waals surface area contributed by atoms with Crippen LogP contribution in [0.1, 0.15) is 18.9 Å². The van der Waals surface area contributed by atoms with Gasteiger partial charge in [-0.05, 0) is 17.6 Å². The number of hydrogen-bond donors (Lipinski definition) is 1. The number of methoxy groups -OCH3 is 1. The lowest BCUT2D eigenvalue weighted by Gasteiger charge is -2.16. The molecule has 0 saturated heterocycles. The van der Waals surface area contributed by atoms with Crippen molar-refractivity contribution in [1.29, 1.82) is 0 Å². The summed E-state index contributed by atoms with van der Waals surface area (Å²) in [7, 11) is 1.28. The van der Waals surface area contributed by atoms with Crippen LogP contribution in [-0.4, -0.2) is 25.5 Å². The van der Waals surface area contributed by atoms with Gasteiger partial charge in [0.1, 0.15) is 6.61 Å². The van der Waals surface area contributed by atoms with Crippen LogP contribution in [0.5, 0.6) is 0 Å². The van der Waals surface area contributed by atoms with Crippen molar-refractivity contribution in [3.63, 3.8) is 0 Å². The van der Waals surface area contributed by atoms with Crippen LogP contribution < -0.4 is 5.32 Å². The molecule has 5 nitrogen and oxygen atoms in total. The van der Waals surface area contributed by atoms with Gasteiger partial charge in [-0.15, -0.1) is 0 Å². The molecule has 0 aliphatic carbocycles. The van der Waals surface area contributed by atoms with Gasteiger partial charge in [0, 0.05) is 0 Å². The van der Waals surface area contributed by atoms with Gasteiger partial charge in [0.05, 0.1) is 13.4 Å². The standard InChI is InChI=1S/C15H19NO4/c1-3-13(14(16-11-17)15(18)19-2)10-20-9-12-7-5-4-6-8-12/h4-8,10-11,14H,3,9H2,1-2H3,(H,16,17)/b13-10+. The normalized spacial score (nSPS) is 12.4. The van der Waals surface area contributed by atoms with Crippen molar-refractivity contribution in [3.05, 3.63) is 47.7 Å². The number of carbonyl (C=O) groups is 2. The summed E-state index contributed by atoms with van der Waals surface area (Å²) >= 11 is 0. The number of amides is 1. The fourth-order valence-corrected chi connectivity index (χ4v) is 1.69. The maximum absolute atomic E-state index is 11.6. The first kappa shape index (κ1) is 15.8. The minimum absolute atomic E-state index is 0.402. The Labute approximate surface area is 118 Å². The zero-order chi connectivity index (χ0) is 14.8. The summed E-state index contributed by atoms with van der Waals surface area (Å²) in [5.74, 6) is -0.520. The monoisotopic (exact) mass is 277 g/mol. The van der Waals surface area contributed by atoms with E-state index in [9.17, 15) is 9.59 Å². The Morgan fingerprint density at radius 1 is 1.35 bits per heavy atom. The molecule has 1 N–H and O–H groups in total. The lowest BCUT2D eigenvalue weighted by atomic mass is 10.1. The van der Waals surface area contributed by atoms with Gasteiger partial charge in [0.2, 0.25) is 6.41 Å². The molecule has 0 aliphatic heterocycles. The minimum atomic E-state index is -0.807. The Morgan fingerprint density at radius 3 is 2.60 bits per heavy atom. The Balaban J connectivity index is 2.69. The molecule has 0 bridgehead atoms. The number of ether oxygens (including phenoxy) is 2. The van der Waals surface area contributed by atoms with Crippen molar-refractivity contribution in [2.24, 2.45) is 0 Å². The van der Waals surface area contributed by atoms with Gasteiger partial charge in [-0.1, -0.05) is 37.3 Å². The van der Waals surface area contributed by atoms with E-state index < -0.39 is 12.0 Å². The Hall–Kier alpha value is -2.30. The van der Waals surface area contributed by atoms with Crippen LogP contribution in [0.4, 0.5) is 0 Å². The van der Waals surface area contributed by atoms with Crippen molar-refractivity contribution in [2.75, 3.05) is 7.11 Å². The zero-order valence-corrected chi connectivity index (χ0v) is 11.7. The Bertz CT molecular complexity index is 456. The van der Waals surface area contributed by atoms with Crippen LogP contribution in [0.3, 0.4) is 0 Å². The van der Waals surface area contributed by atoms with E-state index in [4.69, 9.17) is 4.74 Å². The lowest BCUT2D eigenvalue weighted by Crippen LogP contribution is -2.38. The van der Waals surface area contributed by atoms with Crippen molar-refractivity contribution in [1.82, 2.24) is 5.32 Å². The molecule has 1 unspecified atom stereocenters. The molecule has 20 heavy (non-hydrogen) atoms. The van der Waals surface area contributed by atoms with E-state index in [0.717, 1.165) is 5.56 Å². The molecule has 0 saturated carbocycles. The minimum Gasteiger partial charge on any atom is -0.496 e. The van der Waals surface area contributed by atoms with E-state index in [1.807, 2.05) is 37.3 Å². The number of esters is 1. The molecule has 5 heteroatoms. The van der Waals surface area contributed by atoms with E-state index in [-0.39, 0.29) is 0 Å². The predicted octanol–water partition coefficient (Wildman–Crippen LogP) is 1.78. The number of rotatable bonds is 8. The molecule has 108 valence electrons. The first-order valence-corrected chi connectivity index (χ1v) is 6.34. The predicted molar refractivity (Wildman–Crippen MR) is 74.6 cm³/mol. The molecule has 0 spiro atoms. The highest BCUT2D eigenvalue weighted by molar-refractivity contribution is 5.81. The highest BCUT2D eigenvalue weighted by atomic mass is 16.5. The fraction of sp³-hybridized carbons (Fsp3) is 0.333. The quantitative estimate of drug-likeness (QED) is 0.447. The van der Waals surface area contributed by atoms with Crippen molar-refractivity contribution >= 4 is 12.4 Å². The summed E-state index contributed by atoms with van der Waals surface area (Å²) in [6.07, 6.45) is 2.54. The summed E-state index contributed by atoms with van der Waals surface area (Å²) < 4.78 is 10.1. The first-order valence-electron chi connectivity index (χ1n) is 6.34. The van der Waals surface area contributed by atoms with Gasteiger partial charge >= 0.3 is 5.97 Å². The Morgan fingerprint density at radius 2 is 2.05 bits per heavy atom. The van der Waals surface area contributed by atoms with Gasteiger partial charge in [-0.2, -0.15) is 0 Å². The Kier molecular flexibility index (Phi) is 6.89. The second kappa shape index (κ2) is 8.74. The van der Waals surface area contributed by atoms with E-state index >= 15 is 0 Å². The third-order valence-corrected chi connectivity index (χ3v) is 2.78. The average Bonchev–Trinajstić information content (AvgIpc) is 2.50. The van der Waals surface area contributed by atoms with Crippen molar-refractivity contribution in [3.8, 4) is 0 Å². The summed E-state index contributed by atoms with van der Waals surface area (Å²) in [5.41, 5.74) is 1.68.